The Morgan fingerprint density at radius 2 is 1.85 bits per heavy atom. The lowest BCUT2D eigenvalue weighted by atomic mass is 10.1. The fourth-order valence-corrected chi connectivity index (χ4v) is 4.82. The van der Waals surface area contributed by atoms with Gasteiger partial charge in [-0.3, -0.25) is 14.5 Å². The zero-order chi connectivity index (χ0) is 23.1. The number of carbonyl (C=O) groups excluding carboxylic acids is 2. The van der Waals surface area contributed by atoms with Crippen molar-refractivity contribution in [2.24, 2.45) is 0 Å². The third-order valence-electron chi connectivity index (χ3n) is 6.51. The predicted molar refractivity (Wildman–Crippen MR) is 135 cm³/mol. The zero-order valence-electron chi connectivity index (χ0n) is 18.8. The van der Waals surface area contributed by atoms with Crippen LogP contribution >= 0.6 is 12.2 Å². The molecule has 1 aromatic heterocycles. The van der Waals surface area contributed by atoms with Gasteiger partial charge in [-0.1, -0.05) is 24.3 Å². The molecule has 0 aliphatic carbocycles. The van der Waals surface area contributed by atoms with Crippen LogP contribution in [0.15, 0.2) is 54.4 Å². The number of aromatic nitrogens is 1. The van der Waals surface area contributed by atoms with Crippen molar-refractivity contribution >= 4 is 51.8 Å². The third kappa shape index (κ3) is 3.93. The first-order valence-electron chi connectivity index (χ1n) is 11.2. The van der Waals surface area contributed by atoms with Gasteiger partial charge in [0.1, 0.15) is 12.2 Å². The number of aryl methyl sites for hydroxylation is 2. The molecule has 2 saturated heterocycles. The van der Waals surface area contributed by atoms with E-state index < -0.39 is 0 Å². The van der Waals surface area contributed by atoms with E-state index in [0.717, 1.165) is 59.2 Å². The number of carbonyl (C=O) groups is 2. The molecule has 0 atom stereocenters. The molecular formula is C26H26N4O2S. The van der Waals surface area contributed by atoms with Crippen LogP contribution in [0.3, 0.4) is 0 Å². The van der Waals surface area contributed by atoms with Crippen LogP contribution in [0.25, 0.3) is 17.0 Å². The number of rotatable bonds is 4. The molecule has 0 unspecified atom stereocenters. The maximum atomic E-state index is 13.3. The molecule has 1 N–H and O–H groups in total. The summed E-state index contributed by atoms with van der Waals surface area (Å²) in [6, 6.07) is 13.8. The Kier molecular flexibility index (Phi) is 5.50. The first-order chi connectivity index (χ1) is 15.9. The second kappa shape index (κ2) is 8.48. The molecule has 7 heteroatoms. The molecule has 33 heavy (non-hydrogen) atoms. The Balaban J connectivity index is 1.47. The number of benzene rings is 2. The number of amides is 2. The van der Waals surface area contributed by atoms with E-state index in [0.29, 0.717) is 10.8 Å². The highest BCUT2D eigenvalue weighted by molar-refractivity contribution is 7.80. The number of thiocarbonyl (C=S) groups is 1. The normalized spacial score (nSPS) is 17.5. The largest absolute Gasteiger partial charge is 0.341 e. The zero-order valence-corrected chi connectivity index (χ0v) is 19.6. The maximum absolute atomic E-state index is 13.3. The number of para-hydroxylation sites is 1. The lowest BCUT2D eigenvalue weighted by Gasteiger charge is -2.16. The highest BCUT2D eigenvalue weighted by atomic mass is 32.1. The smallest absolute Gasteiger partial charge is 0.281 e. The van der Waals surface area contributed by atoms with Gasteiger partial charge in [-0.05, 0) is 74.3 Å². The molecule has 0 bridgehead atoms. The predicted octanol–water partition coefficient (Wildman–Crippen LogP) is 4.14. The standard InChI is InChI=1S/C26H26N4O2S/c1-17-9-10-20(13-18(17)2)30-25(32)22(27-26(30)33)14-19-15-29(23-8-4-3-7-21(19)23)16-24(31)28-11-5-6-12-28/h3-4,7-10,13-15H,5-6,11-12,16H2,1-2H3,(H,27,33)/b22-14-. The Hall–Kier alpha value is -3.45. The summed E-state index contributed by atoms with van der Waals surface area (Å²) in [7, 11) is 0. The van der Waals surface area contributed by atoms with Crippen LogP contribution in [0, 0.1) is 13.8 Å². The Morgan fingerprint density at radius 3 is 2.61 bits per heavy atom. The summed E-state index contributed by atoms with van der Waals surface area (Å²) in [4.78, 5) is 29.5. The fraction of sp³-hybridized carbons (Fsp3) is 0.269. The number of hydrogen-bond acceptors (Lipinski definition) is 3. The van der Waals surface area contributed by atoms with Crippen molar-refractivity contribution in [3.05, 3.63) is 71.0 Å². The molecule has 2 aliphatic heterocycles. The van der Waals surface area contributed by atoms with Crippen LogP contribution in [-0.4, -0.2) is 39.5 Å². The Bertz CT molecular complexity index is 1320. The van der Waals surface area contributed by atoms with Crippen LogP contribution in [-0.2, 0) is 16.1 Å². The van der Waals surface area contributed by atoms with E-state index >= 15 is 0 Å². The molecule has 168 valence electrons. The monoisotopic (exact) mass is 458 g/mol. The topological polar surface area (TPSA) is 57.6 Å². The number of fused-ring (bicyclic) bond motifs is 1. The van der Waals surface area contributed by atoms with Crippen molar-refractivity contribution in [2.45, 2.75) is 33.2 Å². The summed E-state index contributed by atoms with van der Waals surface area (Å²) in [5.74, 6) is -0.0576. The van der Waals surface area contributed by atoms with E-state index in [1.165, 1.54) is 4.90 Å². The number of anilines is 1. The molecule has 0 radical (unpaired) electrons. The van der Waals surface area contributed by atoms with Crippen LogP contribution in [0.2, 0.25) is 0 Å². The number of nitrogens with zero attached hydrogens (tertiary/aromatic N) is 3. The fourth-order valence-electron chi connectivity index (χ4n) is 4.52. The van der Waals surface area contributed by atoms with E-state index in [1.807, 2.05) is 78.1 Å². The van der Waals surface area contributed by atoms with Crippen molar-refractivity contribution in [2.75, 3.05) is 18.0 Å². The van der Waals surface area contributed by atoms with E-state index in [4.69, 9.17) is 12.2 Å². The van der Waals surface area contributed by atoms with Gasteiger partial charge in [-0.15, -0.1) is 0 Å². The van der Waals surface area contributed by atoms with E-state index in [9.17, 15) is 9.59 Å². The van der Waals surface area contributed by atoms with Crippen molar-refractivity contribution in [1.82, 2.24) is 14.8 Å². The summed E-state index contributed by atoms with van der Waals surface area (Å²) < 4.78 is 1.97. The molecule has 0 saturated carbocycles. The second-order valence-electron chi connectivity index (χ2n) is 8.71. The van der Waals surface area contributed by atoms with Gasteiger partial charge in [0.15, 0.2) is 5.11 Å². The van der Waals surface area contributed by atoms with Crippen LogP contribution in [0.5, 0.6) is 0 Å². The molecule has 5 rings (SSSR count). The molecule has 2 fully saturated rings. The Labute approximate surface area is 198 Å². The minimum Gasteiger partial charge on any atom is -0.341 e. The highest BCUT2D eigenvalue weighted by Gasteiger charge is 2.32. The third-order valence-corrected chi connectivity index (χ3v) is 6.80. The highest BCUT2D eigenvalue weighted by Crippen LogP contribution is 2.28. The molecule has 6 nitrogen and oxygen atoms in total. The maximum Gasteiger partial charge on any atom is 0.281 e. The number of likely N-dealkylation sites (tertiary alicyclic amines) is 1. The van der Waals surface area contributed by atoms with Gasteiger partial charge in [0.05, 0.1) is 5.69 Å². The van der Waals surface area contributed by atoms with Gasteiger partial charge < -0.3 is 14.8 Å². The second-order valence-corrected chi connectivity index (χ2v) is 9.10. The van der Waals surface area contributed by atoms with Gasteiger partial charge in [0.2, 0.25) is 5.91 Å². The molecule has 0 spiro atoms. The minimum atomic E-state index is -0.187. The first kappa shape index (κ1) is 21.4. The average molecular weight is 459 g/mol. The quantitative estimate of drug-likeness (QED) is 0.472. The van der Waals surface area contributed by atoms with Crippen molar-refractivity contribution in [1.29, 1.82) is 0 Å². The summed E-state index contributed by atoms with van der Waals surface area (Å²) in [5, 5.41) is 4.43. The lowest BCUT2D eigenvalue weighted by Crippen LogP contribution is -2.30. The minimum absolute atomic E-state index is 0.129. The first-order valence-corrected chi connectivity index (χ1v) is 11.6. The van der Waals surface area contributed by atoms with Crippen LogP contribution in [0.1, 0.15) is 29.5 Å². The van der Waals surface area contributed by atoms with Gasteiger partial charge >= 0.3 is 0 Å². The van der Waals surface area contributed by atoms with Gasteiger partial charge in [-0.25, -0.2) is 0 Å². The molecule has 2 aromatic carbocycles. The number of nitrogens with one attached hydrogen (secondary N) is 1. The van der Waals surface area contributed by atoms with Crippen LogP contribution in [0.4, 0.5) is 5.69 Å². The van der Waals surface area contributed by atoms with Gasteiger partial charge in [0.25, 0.3) is 5.91 Å². The van der Waals surface area contributed by atoms with Gasteiger partial charge in [0, 0.05) is 35.8 Å². The van der Waals surface area contributed by atoms with Crippen molar-refractivity contribution in [3.63, 3.8) is 0 Å². The molecule has 2 amide bonds. The molecule has 3 heterocycles. The van der Waals surface area contributed by atoms with Gasteiger partial charge in [-0.2, -0.15) is 0 Å². The summed E-state index contributed by atoms with van der Waals surface area (Å²) in [6.07, 6.45) is 5.91. The lowest BCUT2D eigenvalue weighted by molar-refractivity contribution is -0.130. The van der Waals surface area contributed by atoms with Crippen LogP contribution < -0.4 is 10.2 Å². The summed E-state index contributed by atoms with van der Waals surface area (Å²) >= 11 is 5.49. The summed E-state index contributed by atoms with van der Waals surface area (Å²) in [5.41, 5.74) is 5.29. The molecule has 3 aromatic rings. The number of hydrogen-bond donors (Lipinski definition) is 1. The average Bonchev–Trinajstić information content (AvgIpc) is 3.51. The van der Waals surface area contributed by atoms with E-state index in [1.54, 1.807) is 0 Å². The molecule has 2 aliphatic rings. The SMILES string of the molecule is Cc1ccc(N2C(=O)/C(=C/c3cn(CC(=O)N4CCCC4)c4ccccc34)NC2=S)cc1C. The van der Waals surface area contributed by atoms with E-state index in [2.05, 4.69) is 5.32 Å². The Morgan fingerprint density at radius 1 is 1.09 bits per heavy atom. The summed E-state index contributed by atoms with van der Waals surface area (Å²) in [6.45, 7) is 6.01. The van der Waals surface area contributed by atoms with E-state index in [-0.39, 0.29) is 18.4 Å². The van der Waals surface area contributed by atoms with Crippen molar-refractivity contribution in [3.8, 4) is 0 Å². The molecular weight excluding hydrogens is 432 g/mol. The van der Waals surface area contributed by atoms with Crippen molar-refractivity contribution < 1.29 is 9.59 Å².